The third-order valence-electron chi connectivity index (χ3n) is 1.42. The fourth-order valence-corrected chi connectivity index (χ4v) is 1.34. The maximum Gasteiger partial charge on any atom is 0.129 e. The standard InChI is InChI=1S/C8H10BrNO2/c1-10(12)5-6-2-3-8(11)7(9)4-6/h2-4,11-12H,5H2,1H3. The number of halogens is 1. The molecule has 0 saturated carbocycles. The third-order valence-corrected chi connectivity index (χ3v) is 2.06. The van der Waals surface area contributed by atoms with Gasteiger partial charge < -0.3 is 10.3 Å². The predicted octanol–water partition coefficient (Wildman–Crippen LogP) is 1.98. The van der Waals surface area contributed by atoms with E-state index in [0.717, 1.165) is 10.6 Å². The molecule has 12 heavy (non-hydrogen) atoms. The fraction of sp³-hybridized carbons (Fsp3) is 0.250. The average molecular weight is 232 g/mol. The summed E-state index contributed by atoms with van der Waals surface area (Å²) in [5.41, 5.74) is 0.935. The summed E-state index contributed by atoms with van der Waals surface area (Å²) >= 11 is 3.19. The number of nitrogens with zero attached hydrogens (tertiary/aromatic N) is 1. The van der Waals surface area contributed by atoms with Gasteiger partial charge in [0.05, 0.1) is 4.47 Å². The summed E-state index contributed by atoms with van der Waals surface area (Å²) in [6.07, 6.45) is 0. The Labute approximate surface area is 79.3 Å². The van der Waals surface area contributed by atoms with E-state index in [1.165, 1.54) is 0 Å². The van der Waals surface area contributed by atoms with Gasteiger partial charge in [0.2, 0.25) is 0 Å². The summed E-state index contributed by atoms with van der Waals surface area (Å²) in [5, 5.41) is 19.2. The minimum atomic E-state index is 0.208. The van der Waals surface area contributed by atoms with E-state index in [2.05, 4.69) is 15.9 Å². The molecule has 0 atom stereocenters. The number of hydroxylamine groups is 2. The van der Waals surface area contributed by atoms with Crippen LogP contribution in [0.25, 0.3) is 0 Å². The smallest absolute Gasteiger partial charge is 0.129 e. The molecule has 1 aromatic carbocycles. The van der Waals surface area contributed by atoms with Gasteiger partial charge in [-0.05, 0) is 33.6 Å². The van der Waals surface area contributed by atoms with E-state index in [0.29, 0.717) is 11.0 Å². The van der Waals surface area contributed by atoms with Crippen LogP contribution in [-0.2, 0) is 6.54 Å². The molecule has 0 unspecified atom stereocenters. The highest BCUT2D eigenvalue weighted by Gasteiger charge is 2.00. The first-order valence-corrected chi connectivity index (χ1v) is 4.26. The predicted molar refractivity (Wildman–Crippen MR) is 49.1 cm³/mol. The third kappa shape index (κ3) is 2.48. The molecule has 4 heteroatoms. The van der Waals surface area contributed by atoms with Crippen molar-refractivity contribution in [2.75, 3.05) is 7.05 Å². The van der Waals surface area contributed by atoms with E-state index >= 15 is 0 Å². The van der Waals surface area contributed by atoms with Crippen LogP contribution in [0.2, 0.25) is 0 Å². The highest BCUT2D eigenvalue weighted by Crippen LogP contribution is 2.24. The Hall–Kier alpha value is -0.580. The second kappa shape index (κ2) is 3.89. The van der Waals surface area contributed by atoms with Crippen LogP contribution >= 0.6 is 15.9 Å². The summed E-state index contributed by atoms with van der Waals surface area (Å²) in [7, 11) is 1.57. The monoisotopic (exact) mass is 231 g/mol. The van der Waals surface area contributed by atoms with Gasteiger partial charge in [-0.1, -0.05) is 6.07 Å². The Bertz CT molecular complexity index is 276. The molecule has 0 aliphatic rings. The van der Waals surface area contributed by atoms with Crippen molar-refractivity contribution in [1.29, 1.82) is 0 Å². The van der Waals surface area contributed by atoms with E-state index < -0.39 is 0 Å². The number of phenolic OH excluding ortho intramolecular Hbond substituents is 1. The number of rotatable bonds is 2. The normalized spacial score (nSPS) is 10.7. The Morgan fingerprint density at radius 1 is 1.50 bits per heavy atom. The molecule has 0 heterocycles. The van der Waals surface area contributed by atoms with Gasteiger partial charge in [0.1, 0.15) is 5.75 Å². The van der Waals surface area contributed by atoms with Crippen LogP contribution < -0.4 is 0 Å². The Morgan fingerprint density at radius 3 is 2.67 bits per heavy atom. The quantitative estimate of drug-likeness (QED) is 0.766. The van der Waals surface area contributed by atoms with Crippen LogP contribution in [0.3, 0.4) is 0 Å². The van der Waals surface area contributed by atoms with Crippen molar-refractivity contribution in [1.82, 2.24) is 5.06 Å². The zero-order valence-corrected chi connectivity index (χ0v) is 8.24. The maximum atomic E-state index is 9.15. The van der Waals surface area contributed by atoms with Crippen molar-refractivity contribution < 1.29 is 10.3 Å². The van der Waals surface area contributed by atoms with Crippen LogP contribution in [-0.4, -0.2) is 22.4 Å². The molecule has 0 aliphatic heterocycles. The van der Waals surface area contributed by atoms with Gasteiger partial charge >= 0.3 is 0 Å². The molecule has 0 radical (unpaired) electrons. The summed E-state index contributed by atoms with van der Waals surface area (Å²) < 4.78 is 0.641. The molecule has 1 aromatic rings. The van der Waals surface area contributed by atoms with Gasteiger partial charge in [-0.2, -0.15) is 5.06 Å². The molecule has 2 N–H and O–H groups in total. The molecule has 1 rings (SSSR count). The summed E-state index contributed by atoms with van der Waals surface area (Å²) in [6, 6.07) is 5.11. The Morgan fingerprint density at radius 2 is 2.17 bits per heavy atom. The lowest BCUT2D eigenvalue weighted by atomic mass is 10.2. The molecule has 3 nitrogen and oxygen atoms in total. The van der Waals surface area contributed by atoms with Crippen molar-refractivity contribution in [3.63, 3.8) is 0 Å². The maximum absolute atomic E-state index is 9.15. The van der Waals surface area contributed by atoms with E-state index in [9.17, 15) is 0 Å². The highest BCUT2D eigenvalue weighted by molar-refractivity contribution is 9.10. The highest BCUT2D eigenvalue weighted by atomic mass is 79.9. The van der Waals surface area contributed by atoms with Crippen LogP contribution in [0, 0.1) is 0 Å². The fourth-order valence-electron chi connectivity index (χ4n) is 0.913. The number of benzene rings is 1. The van der Waals surface area contributed by atoms with Gasteiger partial charge in [0, 0.05) is 13.6 Å². The minimum Gasteiger partial charge on any atom is -0.507 e. The number of aromatic hydroxyl groups is 1. The Balaban J connectivity index is 2.82. The number of phenols is 1. The molecule has 0 fully saturated rings. The molecule has 0 aromatic heterocycles. The van der Waals surface area contributed by atoms with Crippen LogP contribution in [0.5, 0.6) is 5.75 Å². The second-order valence-electron chi connectivity index (χ2n) is 2.60. The molecule has 0 spiro atoms. The lowest BCUT2D eigenvalue weighted by Gasteiger charge is -2.08. The van der Waals surface area contributed by atoms with Gasteiger partial charge in [0.25, 0.3) is 0 Å². The number of hydrogen-bond donors (Lipinski definition) is 2. The van der Waals surface area contributed by atoms with E-state index in [1.54, 1.807) is 25.2 Å². The summed E-state index contributed by atoms with van der Waals surface area (Å²) in [4.78, 5) is 0. The van der Waals surface area contributed by atoms with Crippen LogP contribution in [0.1, 0.15) is 5.56 Å². The average Bonchev–Trinajstić information content (AvgIpc) is 1.96. The van der Waals surface area contributed by atoms with E-state index in [-0.39, 0.29) is 5.75 Å². The molecule has 66 valence electrons. The molecular weight excluding hydrogens is 222 g/mol. The molecule has 0 aliphatic carbocycles. The van der Waals surface area contributed by atoms with E-state index in [4.69, 9.17) is 10.3 Å². The van der Waals surface area contributed by atoms with E-state index in [1.807, 2.05) is 0 Å². The zero-order chi connectivity index (χ0) is 9.14. The first-order valence-electron chi connectivity index (χ1n) is 3.47. The second-order valence-corrected chi connectivity index (χ2v) is 3.46. The van der Waals surface area contributed by atoms with Crippen molar-refractivity contribution in [3.05, 3.63) is 28.2 Å². The Kier molecular flexibility index (Phi) is 3.08. The summed E-state index contributed by atoms with van der Waals surface area (Å²) in [6.45, 7) is 0.443. The van der Waals surface area contributed by atoms with Gasteiger partial charge in [-0.25, -0.2) is 0 Å². The largest absolute Gasteiger partial charge is 0.507 e. The number of hydrogen-bond acceptors (Lipinski definition) is 3. The van der Waals surface area contributed by atoms with Crippen LogP contribution in [0.15, 0.2) is 22.7 Å². The molecule has 0 amide bonds. The van der Waals surface area contributed by atoms with Crippen molar-refractivity contribution in [2.45, 2.75) is 6.54 Å². The summed E-state index contributed by atoms with van der Waals surface area (Å²) in [5.74, 6) is 0.208. The topological polar surface area (TPSA) is 43.7 Å². The van der Waals surface area contributed by atoms with Gasteiger partial charge in [-0.3, -0.25) is 0 Å². The minimum absolute atomic E-state index is 0.208. The lowest BCUT2D eigenvalue weighted by Crippen LogP contribution is -2.11. The van der Waals surface area contributed by atoms with Crippen molar-refractivity contribution >= 4 is 15.9 Å². The molecular formula is C8H10BrNO2. The lowest BCUT2D eigenvalue weighted by molar-refractivity contribution is -0.0731. The first-order chi connectivity index (χ1) is 5.59. The first kappa shape index (κ1) is 9.51. The van der Waals surface area contributed by atoms with Gasteiger partial charge in [-0.15, -0.1) is 0 Å². The van der Waals surface area contributed by atoms with Crippen molar-refractivity contribution in [2.24, 2.45) is 0 Å². The van der Waals surface area contributed by atoms with Crippen molar-refractivity contribution in [3.8, 4) is 5.75 Å². The van der Waals surface area contributed by atoms with Gasteiger partial charge in [0.15, 0.2) is 0 Å². The van der Waals surface area contributed by atoms with Crippen LogP contribution in [0.4, 0.5) is 0 Å². The molecule has 0 bridgehead atoms. The SMILES string of the molecule is CN(O)Cc1ccc(O)c(Br)c1. The molecule has 0 saturated heterocycles. The zero-order valence-electron chi connectivity index (χ0n) is 6.66.